The third kappa shape index (κ3) is 10.1. The van der Waals surface area contributed by atoms with E-state index in [2.05, 4.69) is 20.8 Å². The van der Waals surface area contributed by atoms with Gasteiger partial charge in [-0.25, -0.2) is 0 Å². The Labute approximate surface area is 75.3 Å². The summed E-state index contributed by atoms with van der Waals surface area (Å²) in [6.45, 7) is 6.61. The van der Waals surface area contributed by atoms with Crippen LogP contribution >= 0.6 is 0 Å². The van der Waals surface area contributed by atoms with Crippen molar-refractivity contribution < 1.29 is 29.6 Å². The molecular formula is C7H15Na. The summed E-state index contributed by atoms with van der Waals surface area (Å²) < 4.78 is 0. The molecule has 1 heteroatoms. The molecule has 0 aliphatic carbocycles. The van der Waals surface area contributed by atoms with Crippen LogP contribution in [0.2, 0.25) is 0 Å². The van der Waals surface area contributed by atoms with E-state index >= 15 is 0 Å². The minimum atomic E-state index is 0. The molecule has 0 N–H and O–H groups in total. The van der Waals surface area contributed by atoms with E-state index in [0.29, 0.717) is 0 Å². The topological polar surface area (TPSA) is 0 Å². The molecule has 44 valence electrons. The Morgan fingerprint density at radius 3 is 1.88 bits per heavy atom. The third-order valence-corrected chi connectivity index (χ3v) is 1.03. The molecule has 0 fully saturated rings. The predicted octanol–water partition coefficient (Wildman–Crippen LogP) is -0.205. The average molecular weight is 122 g/mol. The van der Waals surface area contributed by atoms with Gasteiger partial charge in [0.15, 0.2) is 0 Å². The average Bonchev–Trinajstić information content (AvgIpc) is 1.61. The second-order valence-corrected chi connectivity index (χ2v) is 2.31. The van der Waals surface area contributed by atoms with E-state index in [1.165, 1.54) is 19.3 Å². The van der Waals surface area contributed by atoms with Crippen molar-refractivity contribution in [2.75, 3.05) is 0 Å². The third-order valence-electron chi connectivity index (χ3n) is 1.03. The summed E-state index contributed by atoms with van der Waals surface area (Å²) in [5.74, 6) is 1.56. The van der Waals surface area contributed by atoms with E-state index in [-0.39, 0.29) is 29.6 Å². The first-order valence-electron chi connectivity index (χ1n) is 3.06. The van der Waals surface area contributed by atoms with E-state index in [4.69, 9.17) is 0 Å². The second kappa shape index (κ2) is 8.00. The van der Waals surface area contributed by atoms with E-state index in [1.54, 1.807) is 5.92 Å². The fraction of sp³-hybridized carbons (Fsp3) is 0.857. The van der Waals surface area contributed by atoms with Gasteiger partial charge in [-0.2, -0.15) is 20.3 Å². The number of hydrogen-bond donors (Lipinski definition) is 0. The number of rotatable bonds is 3. The van der Waals surface area contributed by atoms with Crippen molar-refractivity contribution in [3.8, 4) is 0 Å². The Kier molecular flexibility index (Phi) is 11.8. The molecule has 0 heterocycles. The molecule has 0 amide bonds. The molecule has 0 aliphatic heterocycles. The first-order chi connectivity index (χ1) is 3.27. The molecule has 0 atom stereocenters. The fourth-order valence-corrected chi connectivity index (χ4v) is 0.530. The van der Waals surface area contributed by atoms with Crippen LogP contribution < -0.4 is 29.6 Å². The van der Waals surface area contributed by atoms with Gasteiger partial charge in [-0.05, 0) is 0 Å². The Morgan fingerprint density at radius 2 is 1.75 bits per heavy atom. The van der Waals surface area contributed by atoms with Gasteiger partial charge in [0.25, 0.3) is 0 Å². The van der Waals surface area contributed by atoms with E-state index in [0.717, 1.165) is 0 Å². The van der Waals surface area contributed by atoms with Crippen LogP contribution in [0.15, 0.2) is 0 Å². The zero-order valence-electron chi connectivity index (χ0n) is 6.62. The SMILES string of the molecule is CCCC[C-](C)C.[Na+]. The smallest absolute Gasteiger partial charge is 0.320 e. The largest absolute Gasteiger partial charge is 1.00 e. The van der Waals surface area contributed by atoms with Crippen LogP contribution in [0, 0.1) is 5.92 Å². The van der Waals surface area contributed by atoms with Crippen molar-refractivity contribution in [1.29, 1.82) is 0 Å². The standard InChI is InChI=1S/C7H15.Na/c1-4-5-6-7(2)3;/h4-6H2,1-3H3;/q-1;+1. The summed E-state index contributed by atoms with van der Waals surface area (Å²) in [6.07, 6.45) is 4.00. The Morgan fingerprint density at radius 1 is 1.25 bits per heavy atom. The monoisotopic (exact) mass is 122 g/mol. The summed E-state index contributed by atoms with van der Waals surface area (Å²) in [6, 6.07) is 0. The molecule has 0 aliphatic rings. The Hall–Kier alpha value is 1.00. The van der Waals surface area contributed by atoms with Gasteiger partial charge >= 0.3 is 29.6 Å². The van der Waals surface area contributed by atoms with Crippen LogP contribution in [0.25, 0.3) is 0 Å². The molecule has 0 unspecified atom stereocenters. The minimum Gasteiger partial charge on any atom is -0.320 e. The van der Waals surface area contributed by atoms with Crippen molar-refractivity contribution in [2.24, 2.45) is 0 Å². The van der Waals surface area contributed by atoms with Crippen molar-refractivity contribution >= 4 is 0 Å². The Bertz CT molecular complexity index is 33.4. The first kappa shape index (κ1) is 11.8. The van der Waals surface area contributed by atoms with Gasteiger partial charge in [0.05, 0.1) is 0 Å². The molecule has 0 saturated heterocycles. The van der Waals surface area contributed by atoms with Crippen LogP contribution in [0.3, 0.4) is 0 Å². The zero-order chi connectivity index (χ0) is 5.70. The van der Waals surface area contributed by atoms with Gasteiger partial charge in [-0.3, -0.25) is 0 Å². The van der Waals surface area contributed by atoms with E-state index < -0.39 is 0 Å². The minimum absolute atomic E-state index is 0. The molecule has 0 saturated carbocycles. The molecule has 0 nitrogen and oxygen atoms in total. The van der Waals surface area contributed by atoms with Gasteiger partial charge < -0.3 is 5.92 Å². The predicted molar refractivity (Wildman–Crippen MR) is 34.1 cm³/mol. The van der Waals surface area contributed by atoms with Gasteiger partial charge in [0, 0.05) is 0 Å². The quantitative estimate of drug-likeness (QED) is 0.359. The molecule has 0 rings (SSSR count). The van der Waals surface area contributed by atoms with Crippen LogP contribution in [-0.2, 0) is 0 Å². The van der Waals surface area contributed by atoms with Gasteiger partial charge in [0.2, 0.25) is 0 Å². The Balaban J connectivity index is 0. The zero-order valence-corrected chi connectivity index (χ0v) is 8.62. The summed E-state index contributed by atoms with van der Waals surface area (Å²) in [4.78, 5) is 0. The van der Waals surface area contributed by atoms with Crippen molar-refractivity contribution in [3.63, 3.8) is 0 Å². The van der Waals surface area contributed by atoms with Crippen LogP contribution in [0.4, 0.5) is 0 Å². The van der Waals surface area contributed by atoms with E-state index in [9.17, 15) is 0 Å². The first-order valence-corrected chi connectivity index (χ1v) is 3.06. The summed E-state index contributed by atoms with van der Waals surface area (Å²) in [7, 11) is 0. The number of unbranched alkanes of at least 4 members (excludes halogenated alkanes) is 1. The molecule has 0 aromatic carbocycles. The molecule has 0 aromatic rings. The molecule has 0 spiro atoms. The number of hydrogen-bond acceptors (Lipinski definition) is 0. The summed E-state index contributed by atoms with van der Waals surface area (Å²) >= 11 is 0. The van der Waals surface area contributed by atoms with Gasteiger partial charge in [-0.1, -0.05) is 19.8 Å². The summed E-state index contributed by atoms with van der Waals surface area (Å²) in [5, 5.41) is 0. The maximum atomic E-state index is 2.23. The second-order valence-electron chi connectivity index (χ2n) is 2.31. The van der Waals surface area contributed by atoms with Crippen molar-refractivity contribution in [2.45, 2.75) is 40.0 Å². The van der Waals surface area contributed by atoms with E-state index in [1.807, 2.05) is 0 Å². The normalized spacial score (nSPS) is 9.00. The maximum Gasteiger partial charge on any atom is 1.00 e. The summed E-state index contributed by atoms with van der Waals surface area (Å²) in [5.41, 5.74) is 0. The van der Waals surface area contributed by atoms with Gasteiger partial charge in [0.1, 0.15) is 0 Å². The molecule has 8 heavy (non-hydrogen) atoms. The molecular weight excluding hydrogens is 107 g/mol. The molecule has 0 aromatic heterocycles. The van der Waals surface area contributed by atoms with Gasteiger partial charge in [-0.15, -0.1) is 0 Å². The molecule has 0 bridgehead atoms. The van der Waals surface area contributed by atoms with Crippen LogP contribution in [0.1, 0.15) is 40.0 Å². The maximum absolute atomic E-state index is 2.23. The van der Waals surface area contributed by atoms with Crippen molar-refractivity contribution in [3.05, 3.63) is 5.92 Å². The fourth-order valence-electron chi connectivity index (χ4n) is 0.530. The molecule has 0 radical (unpaired) electrons. The van der Waals surface area contributed by atoms with Crippen LogP contribution in [-0.4, -0.2) is 0 Å². The van der Waals surface area contributed by atoms with Crippen LogP contribution in [0.5, 0.6) is 0 Å². The van der Waals surface area contributed by atoms with Crippen molar-refractivity contribution in [1.82, 2.24) is 0 Å².